The Hall–Kier alpha value is -2.09. The van der Waals surface area contributed by atoms with Gasteiger partial charge >= 0.3 is 5.97 Å². The number of nitrogens with one attached hydrogen (secondary N) is 1. The number of ether oxygens (including phenoxy) is 1. The van der Waals surface area contributed by atoms with E-state index in [4.69, 9.17) is 4.74 Å². The fourth-order valence-corrected chi connectivity index (χ4v) is 3.13. The van der Waals surface area contributed by atoms with E-state index >= 15 is 0 Å². The lowest BCUT2D eigenvalue weighted by atomic mass is 10.0. The number of carbonyl (C=O) groups excluding carboxylic acids is 1. The van der Waals surface area contributed by atoms with Crippen LogP contribution in [0.15, 0.2) is 18.2 Å². The molecule has 132 valence electrons. The van der Waals surface area contributed by atoms with Gasteiger partial charge in [-0.05, 0) is 44.0 Å². The largest absolute Gasteiger partial charge is 0.493 e. The standard InChI is InChI=1S/C16H21NO6S/c1-16(2,3)24(21,22)9-13(18)17-14(15(19)20)11-4-5-12-10(8-11)6-7-23-12/h4-5,8,14H,6-7,9H2,1-3H3,(H,17,18)(H,19,20). The van der Waals surface area contributed by atoms with Crippen LogP contribution in [-0.4, -0.2) is 42.5 Å². The second kappa shape index (κ2) is 6.43. The number of amides is 1. The third-order valence-corrected chi connectivity index (χ3v) is 6.36. The zero-order valence-corrected chi connectivity index (χ0v) is 14.6. The van der Waals surface area contributed by atoms with Crippen molar-refractivity contribution in [3.63, 3.8) is 0 Å². The molecule has 1 aromatic carbocycles. The van der Waals surface area contributed by atoms with Gasteiger partial charge in [0, 0.05) is 6.42 Å². The first kappa shape index (κ1) is 18.3. The van der Waals surface area contributed by atoms with E-state index < -0.39 is 38.3 Å². The van der Waals surface area contributed by atoms with Crippen LogP contribution in [0.1, 0.15) is 37.9 Å². The summed E-state index contributed by atoms with van der Waals surface area (Å²) in [5.41, 5.74) is 1.25. The number of carbonyl (C=O) groups is 2. The summed E-state index contributed by atoms with van der Waals surface area (Å²) in [6.07, 6.45) is 0.669. The van der Waals surface area contributed by atoms with Crippen molar-refractivity contribution in [2.45, 2.75) is 38.0 Å². The molecule has 0 bridgehead atoms. The van der Waals surface area contributed by atoms with Crippen molar-refractivity contribution in [1.29, 1.82) is 0 Å². The average molecular weight is 355 g/mol. The molecule has 1 amide bonds. The number of sulfone groups is 1. The Balaban J connectivity index is 2.18. The van der Waals surface area contributed by atoms with E-state index in [1.807, 2.05) is 0 Å². The van der Waals surface area contributed by atoms with Crippen LogP contribution in [0, 0.1) is 0 Å². The SMILES string of the molecule is CC(C)(C)S(=O)(=O)CC(=O)NC(C(=O)O)c1ccc2c(c1)CCO2. The zero-order chi connectivity index (χ0) is 18.1. The number of carboxylic acids is 1. The van der Waals surface area contributed by atoms with Crippen LogP contribution < -0.4 is 10.1 Å². The van der Waals surface area contributed by atoms with Crippen LogP contribution in [0.3, 0.4) is 0 Å². The summed E-state index contributed by atoms with van der Waals surface area (Å²) in [6, 6.07) is 3.57. The number of rotatable bonds is 5. The predicted octanol–water partition coefficient (Wildman–Crippen LogP) is 1.08. The summed E-state index contributed by atoms with van der Waals surface area (Å²) in [7, 11) is -3.68. The van der Waals surface area contributed by atoms with E-state index in [0.29, 0.717) is 24.3 Å². The Morgan fingerprint density at radius 1 is 1.33 bits per heavy atom. The maximum atomic E-state index is 12.1. The predicted molar refractivity (Wildman–Crippen MR) is 87.7 cm³/mol. The van der Waals surface area contributed by atoms with E-state index in [0.717, 1.165) is 5.56 Å². The normalized spacial score (nSPS) is 15.3. The highest BCUT2D eigenvalue weighted by atomic mass is 32.2. The smallest absolute Gasteiger partial charge is 0.330 e. The van der Waals surface area contributed by atoms with Crippen LogP contribution >= 0.6 is 0 Å². The van der Waals surface area contributed by atoms with Crippen molar-refractivity contribution in [2.75, 3.05) is 12.4 Å². The molecule has 1 aromatic rings. The molecule has 1 heterocycles. The first-order valence-corrected chi connectivity index (χ1v) is 9.16. The van der Waals surface area contributed by atoms with Crippen molar-refractivity contribution in [3.05, 3.63) is 29.3 Å². The summed E-state index contributed by atoms with van der Waals surface area (Å²) >= 11 is 0. The molecule has 8 heteroatoms. The highest BCUT2D eigenvalue weighted by Crippen LogP contribution is 2.28. The van der Waals surface area contributed by atoms with Crippen LogP contribution in [0.25, 0.3) is 0 Å². The van der Waals surface area contributed by atoms with Gasteiger partial charge in [-0.25, -0.2) is 13.2 Å². The van der Waals surface area contributed by atoms with Gasteiger partial charge in [-0.2, -0.15) is 0 Å². The number of aliphatic carboxylic acids is 1. The molecule has 0 spiro atoms. The highest BCUT2D eigenvalue weighted by molar-refractivity contribution is 7.93. The van der Waals surface area contributed by atoms with Gasteiger partial charge in [0.25, 0.3) is 0 Å². The first-order chi connectivity index (χ1) is 11.0. The molecular formula is C16H21NO6S. The maximum absolute atomic E-state index is 12.1. The Bertz CT molecular complexity index is 763. The topological polar surface area (TPSA) is 110 Å². The number of benzene rings is 1. The Labute approximate surface area is 140 Å². The Morgan fingerprint density at radius 2 is 2.00 bits per heavy atom. The molecule has 24 heavy (non-hydrogen) atoms. The lowest BCUT2D eigenvalue weighted by Crippen LogP contribution is -2.41. The minimum Gasteiger partial charge on any atom is -0.493 e. The van der Waals surface area contributed by atoms with E-state index in [2.05, 4.69) is 5.32 Å². The molecule has 0 saturated carbocycles. The minimum absolute atomic E-state index is 0.383. The van der Waals surface area contributed by atoms with Crippen molar-refractivity contribution in [1.82, 2.24) is 5.32 Å². The average Bonchev–Trinajstić information content (AvgIpc) is 2.89. The van der Waals surface area contributed by atoms with Crippen LogP contribution in [0.4, 0.5) is 0 Å². The van der Waals surface area contributed by atoms with Gasteiger partial charge in [-0.15, -0.1) is 0 Å². The van der Waals surface area contributed by atoms with Gasteiger partial charge in [0.05, 0.1) is 11.4 Å². The number of hydrogen-bond donors (Lipinski definition) is 2. The van der Waals surface area contributed by atoms with Crippen molar-refractivity contribution < 1.29 is 27.9 Å². The third kappa shape index (κ3) is 3.87. The molecule has 0 aromatic heterocycles. The Kier molecular flexibility index (Phi) is 4.89. The molecule has 2 N–H and O–H groups in total. The molecule has 0 fully saturated rings. The summed E-state index contributed by atoms with van der Waals surface area (Å²) < 4.78 is 28.4. The van der Waals surface area contributed by atoms with Gasteiger partial charge in [-0.1, -0.05) is 6.07 Å². The van der Waals surface area contributed by atoms with E-state index in [1.54, 1.807) is 18.2 Å². The lowest BCUT2D eigenvalue weighted by molar-refractivity contribution is -0.141. The van der Waals surface area contributed by atoms with Crippen molar-refractivity contribution in [2.24, 2.45) is 0 Å². The molecule has 1 aliphatic rings. The van der Waals surface area contributed by atoms with Gasteiger partial charge in [0.15, 0.2) is 15.9 Å². The maximum Gasteiger partial charge on any atom is 0.330 e. The highest BCUT2D eigenvalue weighted by Gasteiger charge is 2.33. The van der Waals surface area contributed by atoms with Crippen LogP contribution in [-0.2, 0) is 25.8 Å². The van der Waals surface area contributed by atoms with Crippen LogP contribution in [0.5, 0.6) is 5.75 Å². The van der Waals surface area contributed by atoms with Crippen LogP contribution in [0.2, 0.25) is 0 Å². The molecular weight excluding hydrogens is 334 g/mol. The lowest BCUT2D eigenvalue weighted by Gasteiger charge is -2.20. The molecule has 0 radical (unpaired) electrons. The third-order valence-electron chi connectivity index (χ3n) is 3.85. The summed E-state index contributed by atoms with van der Waals surface area (Å²) in [4.78, 5) is 23.6. The molecule has 0 aliphatic carbocycles. The molecule has 0 saturated heterocycles. The number of hydrogen-bond acceptors (Lipinski definition) is 5. The summed E-state index contributed by atoms with van der Waals surface area (Å²) in [5, 5.41) is 11.7. The van der Waals surface area contributed by atoms with Crippen molar-refractivity contribution in [3.8, 4) is 5.75 Å². The van der Waals surface area contributed by atoms with Gasteiger partial charge in [0.2, 0.25) is 5.91 Å². The minimum atomic E-state index is -3.68. The fraction of sp³-hybridized carbons (Fsp3) is 0.500. The zero-order valence-electron chi connectivity index (χ0n) is 13.8. The number of fused-ring (bicyclic) bond motifs is 1. The second-order valence-corrected chi connectivity index (χ2v) is 9.42. The van der Waals surface area contributed by atoms with Gasteiger partial charge in [-0.3, -0.25) is 4.79 Å². The first-order valence-electron chi connectivity index (χ1n) is 7.51. The molecule has 7 nitrogen and oxygen atoms in total. The monoisotopic (exact) mass is 355 g/mol. The quantitative estimate of drug-likeness (QED) is 0.818. The van der Waals surface area contributed by atoms with Crippen molar-refractivity contribution >= 4 is 21.7 Å². The second-order valence-electron chi connectivity index (χ2n) is 6.68. The van der Waals surface area contributed by atoms with E-state index in [1.165, 1.54) is 20.8 Å². The molecule has 1 unspecified atom stereocenters. The summed E-state index contributed by atoms with van der Waals surface area (Å²) in [5.74, 6) is -2.15. The van der Waals surface area contributed by atoms with Gasteiger partial charge in [0.1, 0.15) is 11.5 Å². The van der Waals surface area contributed by atoms with E-state index in [-0.39, 0.29) is 0 Å². The summed E-state index contributed by atoms with van der Waals surface area (Å²) in [6.45, 7) is 5.01. The van der Waals surface area contributed by atoms with Gasteiger partial charge < -0.3 is 15.2 Å². The molecule has 1 atom stereocenters. The fourth-order valence-electron chi connectivity index (χ4n) is 2.27. The Morgan fingerprint density at radius 3 is 2.58 bits per heavy atom. The molecule has 2 rings (SSSR count). The number of carboxylic acid groups (broad SMARTS) is 1. The van der Waals surface area contributed by atoms with E-state index in [9.17, 15) is 23.1 Å². The molecule has 1 aliphatic heterocycles.